The van der Waals surface area contributed by atoms with Crippen LogP contribution in [0.4, 0.5) is 0 Å². The van der Waals surface area contributed by atoms with Gasteiger partial charge in [-0.15, -0.1) is 0 Å². The summed E-state index contributed by atoms with van der Waals surface area (Å²) in [6, 6.07) is 9.84. The molecule has 2 aliphatic rings. The normalized spacial score (nSPS) is 18.5. The molecule has 0 spiro atoms. The van der Waals surface area contributed by atoms with Crippen LogP contribution in [0.15, 0.2) is 41.3 Å². The predicted molar refractivity (Wildman–Crippen MR) is 84.7 cm³/mol. The van der Waals surface area contributed by atoms with Crippen LogP contribution in [0.5, 0.6) is 0 Å². The molecule has 0 saturated carbocycles. The highest BCUT2D eigenvalue weighted by atomic mass is 32.2. The number of rotatable bonds is 2. The molecule has 1 aliphatic heterocycles. The molecule has 3 nitrogen and oxygen atoms in total. The third-order valence-electron chi connectivity index (χ3n) is 4.44. The number of hydrogen-bond acceptors (Lipinski definition) is 2. The van der Waals surface area contributed by atoms with Crippen molar-refractivity contribution >= 4 is 26.9 Å². The average molecular weight is 299 g/mol. The summed E-state index contributed by atoms with van der Waals surface area (Å²) in [6.45, 7) is 1.30. The van der Waals surface area contributed by atoms with Crippen LogP contribution in [-0.4, -0.2) is 25.8 Å². The maximum absolute atomic E-state index is 12.9. The summed E-state index contributed by atoms with van der Waals surface area (Å²) in [5.41, 5.74) is 2.07. The van der Waals surface area contributed by atoms with Crippen LogP contribution in [0.3, 0.4) is 0 Å². The second-order valence-corrected chi connectivity index (χ2v) is 7.61. The molecule has 108 valence electrons. The number of hydrogen-bond donors (Lipinski definition) is 0. The molecule has 1 saturated heterocycles. The molecule has 4 rings (SSSR count). The summed E-state index contributed by atoms with van der Waals surface area (Å²) in [5, 5.41) is 2.22. The first-order valence-electron chi connectivity index (χ1n) is 7.39. The van der Waals surface area contributed by atoms with E-state index < -0.39 is 10.0 Å². The van der Waals surface area contributed by atoms with Crippen molar-refractivity contribution in [1.82, 2.24) is 4.31 Å². The molecule has 2 aromatic carbocycles. The van der Waals surface area contributed by atoms with Crippen molar-refractivity contribution in [3.8, 4) is 0 Å². The van der Waals surface area contributed by atoms with Gasteiger partial charge in [-0.3, -0.25) is 0 Å². The molecular weight excluding hydrogens is 282 g/mol. The van der Waals surface area contributed by atoms with Crippen LogP contribution >= 0.6 is 0 Å². The molecule has 0 bridgehead atoms. The van der Waals surface area contributed by atoms with Crippen LogP contribution in [-0.2, 0) is 16.4 Å². The van der Waals surface area contributed by atoms with Crippen molar-refractivity contribution in [2.75, 3.05) is 13.1 Å². The van der Waals surface area contributed by atoms with E-state index in [1.165, 1.54) is 0 Å². The largest absolute Gasteiger partial charge is 0.243 e. The van der Waals surface area contributed by atoms with Crippen molar-refractivity contribution in [1.29, 1.82) is 0 Å². The van der Waals surface area contributed by atoms with Gasteiger partial charge in [0.05, 0.1) is 4.90 Å². The monoisotopic (exact) mass is 299 g/mol. The lowest BCUT2D eigenvalue weighted by atomic mass is 9.93. The van der Waals surface area contributed by atoms with Gasteiger partial charge in [0, 0.05) is 13.1 Å². The Labute approximate surface area is 124 Å². The van der Waals surface area contributed by atoms with Gasteiger partial charge >= 0.3 is 0 Å². The van der Waals surface area contributed by atoms with Crippen LogP contribution in [0.1, 0.15) is 24.0 Å². The molecule has 1 heterocycles. The summed E-state index contributed by atoms with van der Waals surface area (Å²) in [6.07, 6.45) is 6.76. The second-order valence-electron chi connectivity index (χ2n) is 5.71. The van der Waals surface area contributed by atoms with Gasteiger partial charge in [-0.1, -0.05) is 36.4 Å². The Bertz CT molecular complexity index is 846. The molecule has 2 aromatic rings. The predicted octanol–water partition coefficient (Wildman–Crippen LogP) is 3.19. The van der Waals surface area contributed by atoms with E-state index in [-0.39, 0.29) is 0 Å². The van der Waals surface area contributed by atoms with E-state index in [0.29, 0.717) is 24.4 Å². The lowest BCUT2D eigenvalue weighted by molar-refractivity contribution is 0.477. The quantitative estimate of drug-likeness (QED) is 0.854. The standard InChI is InChI=1S/C17H17NO2S/c19-21(20,18-11-1-2-12-18)16-10-9-14-6-3-5-13-7-4-8-15(16)17(13)14/h3-7,9-10H,1-2,8,11-12H2. The van der Waals surface area contributed by atoms with Crippen molar-refractivity contribution in [3.63, 3.8) is 0 Å². The van der Waals surface area contributed by atoms with Crippen molar-refractivity contribution in [3.05, 3.63) is 47.5 Å². The van der Waals surface area contributed by atoms with Crippen LogP contribution in [0, 0.1) is 0 Å². The fourth-order valence-corrected chi connectivity index (χ4v) is 5.17. The van der Waals surface area contributed by atoms with E-state index >= 15 is 0 Å². The zero-order valence-corrected chi connectivity index (χ0v) is 12.6. The summed E-state index contributed by atoms with van der Waals surface area (Å²) in [4.78, 5) is 0.494. The van der Waals surface area contributed by atoms with Gasteiger partial charge < -0.3 is 0 Å². The van der Waals surface area contributed by atoms with Gasteiger partial charge in [-0.25, -0.2) is 8.42 Å². The molecule has 0 radical (unpaired) electrons. The minimum Gasteiger partial charge on any atom is -0.207 e. The molecular formula is C17H17NO2S. The Morgan fingerprint density at radius 1 is 1.00 bits per heavy atom. The first-order valence-corrected chi connectivity index (χ1v) is 8.83. The smallest absolute Gasteiger partial charge is 0.207 e. The minimum absolute atomic E-state index is 0.494. The number of allylic oxidation sites excluding steroid dienone is 1. The first kappa shape index (κ1) is 13.0. The van der Waals surface area contributed by atoms with E-state index in [4.69, 9.17) is 0 Å². The number of nitrogens with zero attached hydrogens (tertiary/aromatic N) is 1. The second kappa shape index (κ2) is 4.68. The van der Waals surface area contributed by atoms with Gasteiger partial charge in [0.2, 0.25) is 10.0 Å². The third-order valence-corrected chi connectivity index (χ3v) is 6.43. The van der Waals surface area contributed by atoms with Crippen molar-refractivity contribution in [2.45, 2.75) is 24.2 Å². The van der Waals surface area contributed by atoms with E-state index in [9.17, 15) is 8.42 Å². The molecule has 1 aliphatic carbocycles. The minimum atomic E-state index is -3.36. The fourth-order valence-electron chi connectivity index (χ4n) is 3.42. The number of sulfonamides is 1. The van der Waals surface area contributed by atoms with Crippen molar-refractivity contribution < 1.29 is 8.42 Å². The maximum Gasteiger partial charge on any atom is 0.243 e. The highest BCUT2D eigenvalue weighted by Gasteiger charge is 2.30. The molecule has 0 unspecified atom stereocenters. The Balaban J connectivity index is 1.98. The van der Waals surface area contributed by atoms with E-state index in [1.54, 1.807) is 10.4 Å². The van der Waals surface area contributed by atoms with Gasteiger partial charge in [-0.2, -0.15) is 4.31 Å². The summed E-state index contributed by atoms with van der Waals surface area (Å²) < 4.78 is 27.4. The molecule has 0 aromatic heterocycles. The van der Waals surface area contributed by atoms with Crippen LogP contribution in [0.2, 0.25) is 0 Å². The van der Waals surface area contributed by atoms with E-state index in [2.05, 4.69) is 12.2 Å². The highest BCUT2D eigenvalue weighted by molar-refractivity contribution is 7.89. The Morgan fingerprint density at radius 2 is 1.81 bits per heavy atom. The topological polar surface area (TPSA) is 37.4 Å². The summed E-state index contributed by atoms with van der Waals surface area (Å²) in [7, 11) is -3.36. The highest BCUT2D eigenvalue weighted by Crippen LogP contribution is 2.34. The first-order chi connectivity index (χ1) is 10.2. The number of benzene rings is 2. The summed E-state index contributed by atoms with van der Waals surface area (Å²) >= 11 is 0. The average Bonchev–Trinajstić information content (AvgIpc) is 3.03. The molecule has 1 fully saturated rings. The van der Waals surface area contributed by atoms with Gasteiger partial charge in [0.1, 0.15) is 0 Å². The van der Waals surface area contributed by atoms with Gasteiger partial charge in [0.15, 0.2) is 0 Å². The lowest BCUT2D eigenvalue weighted by Crippen LogP contribution is -2.28. The molecule has 0 atom stereocenters. The Kier molecular flexibility index (Phi) is 2.91. The zero-order chi connectivity index (χ0) is 14.4. The summed E-state index contributed by atoms with van der Waals surface area (Å²) in [5.74, 6) is 0. The third kappa shape index (κ3) is 1.93. The van der Waals surface area contributed by atoms with Gasteiger partial charge in [-0.05, 0) is 47.2 Å². The fraction of sp³-hybridized carbons (Fsp3) is 0.294. The van der Waals surface area contributed by atoms with E-state index in [0.717, 1.165) is 34.7 Å². The lowest BCUT2D eigenvalue weighted by Gasteiger charge is -2.21. The molecule has 0 N–H and O–H groups in total. The Morgan fingerprint density at radius 3 is 2.62 bits per heavy atom. The van der Waals surface area contributed by atoms with Crippen LogP contribution < -0.4 is 0 Å². The zero-order valence-electron chi connectivity index (χ0n) is 11.7. The SMILES string of the molecule is O=S(=O)(c1ccc2cccc3c2c1CC=C3)N1CCCC1. The van der Waals surface area contributed by atoms with Crippen LogP contribution in [0.25, 0.3) is 16.8 Å². The molecule has 0 amide bonds. The van der Waals surface area contributed by atoms with Gasteiger partial charge in [0.25, 0.3) is 0 Å². The van der Waals surface area contributed by atoms with Crippen molar-refractivity contribution in [2.24, 2.45) is 0 Å². The van der Waals surface area contributed by atoms with E-state index in [1.807, 2.05) is 24.3 Å². The maximum atomic E-state index is 12.9. The molecule has 4 heteroatoms. The molecule has 21 heavy (non-hydrogen) atoms. The Hall–Kier alpha value is -1.65.